The standard InChI is InChI=1S/C23H27O5P/c1-5-21(27-17(3)24)23(22(6-2)28-18(4)25)29(26,19-13-9-7-10-14-19)20-15-11-8-12-16-20/h5,7-16,21-23H,1,6H2,2-4H3/t21-,22-,23-/m1/s1. The molecule has 2 aromatic rings. The molecule has 0 aliphatic rings. The van der Waals surface area contributed by atoms with Gasteiger partial charge in [-0.2, -0.15) is 0 Å². The third-order valence-corrected chi connectivity index (χ3v) is 8.27. The lowest BCUT2D eigenvalue weighted by atomic mass is 10.1. The van der Waals surface area contributed by atoms with E-state index in [1.807, 2.05) is 43.3 Å². The zero-order valence-corrected chi connectivity index (χ0v) is 17.9. The van der Waals surface area contributed by atoms with Gasteiger partial charge in [-0.05, 0) is 6.42 Å². The molecule has 5 nitrogen and oxygen atoms in total. The van der Waals surface area contributed by atoms with E-state index >= 15 is 0 Å². The molecule has 0 unspecified atom stereocenters. The Morgan fingerprint density at radius 2 is 1.38 bits per heavy atom. The lowest BCUT2D eigenvalue weighted by Gasteiger charge is -2.37. The molecule has 0 fully saturated rings. The van der Waals surface area contributed by atoms with E-state index in [-0.39, 0.29) is 0 Å². The summed E-state index contributed by atoms with van der Waals surface area (Å²) in [5, 5.41) is 1.20. The normalized spacial score (nSPS) is 14.3. The first-order valence-corrected chi connectivity index (χ1v) is 11.3. The van der Waals surface area contributed by atoms with Gasteiger partial charge in [-0.15, -0.1) is 0 Å². The van der Waals surface area contributed by atoms with Crippen molar-refractivity contribution in [3.05, 3.63) is 73.3 Å². The second-order valence-electron chi connectivity index (χ2n) is 6.69. The highest BCUT2D eigenvalue weighted by atomic mass is 31.2. The summed E-state index contributed by atoms with van der Waals surface area (Å²) in [6.07, 6.45) is 0.222. The van der Waals surface area contributed by atoms with E-state index < -0.39 is 36.9 Å². The molecule has 0 amide bonds. The molecule has 154 valence electrons. The van der Waals surface area contributed by atoms with Gasteiger partial charge in [-0.1, -0.05) is 80.2 Å². The van der Waals surface area contributed by atoms with Crippen molar-refractivity contribution in [1.29, 1.82) is 0 Å². The van der Waals surface area contributed by atoms with E-state index in [1.54, 1.807) is 24.3 Å². The van der Waals surface area contributed by atoms with Crippen LogP contribution in [0.25, 0.3) is 0 Å². The second kappa shape index (κ2) is 10.2. The Kier molecular flexibility index (Phi) is 7.98. The molecule has 0 aliphatic carbocycles. The Morgan fingerprint density at radius 1 is 0.931 bits per heavy atom. The molecule has 29 heavy (non-hydrogen) atoms. The number of carbonyl (C=O) groups is 2. The number of hydrogen-bond acceptors (Lipinski definition) is 5. The second-order valence-corrected chi connectivity index (χ2v) is 9.63. The molecule has 0 aromatic heterocycles. The van der Waals surface area contributed by atoms with Crippen molar-refractivity contribution >= 4 is 29.7 Å². The summed E-state index contributed by atoms with van der Waals surface area (Å²) in [4.78, 5) is 23.6. The number of ether oxygens (including phenoxy) is 2. The highest BCUT2D eigenvalue weighted by molar-refractivity contribution is 7.79. The van der Waals surface area contributed by atoms with Crippen LogP contribution < -0.4 is 10.6 Å². The minimum Gasteiger partial charge on any atom is -0.462 e. The van der Waals surface area contributed by atoms with Crippen molar-refractivity contribution in [3.63, 3.8) is 0 Å². The number of hydrogen-bond donors (Lipinski definition) is 0. The lowest BCUT2D eigenvalue weighted by Crippen LogP contribution is -2.45. The highest BCUT2D eigenvalue weighted by Gasteiger charge is 2.47. The SMILES string of the molecule is C=C[C@@H](OC(C)=O)[C@H]([C@@H](CC)OC(C)=O)P(=O)(c1ccccc1)c1ccccc1. The molecular weight excluding hydrogens is 387 g/mol. The smallest absolute Gasteiger partial charge is 0.303 e. The number of carbonyl (C=O) groups excluding carboxylic acids is 2. The van der Waals surface area contributed by atoms with E-state index in [0.717, 1.165) is 0 Å². The first-order chi connectivity index (χ1) is 13.8. The largest absolute Gasteiger partial charge is 0.462 e. The van der Waals surface area contributed by atoms with Gasteiger partial charge in [-0.25, -0.2) is 0 Å². The number of benzene rings is 2. The maximum absolute atomic E-state index is 14.8. The van der Waals surface area contributed by atoms with Crippen molar-refractivity contribution in [2.45, 2.75) is 45.1 Å². The molecule has 2 aromatic carbocycles. The first-order valence-electron chi connectivity index (χ1n) is 9.52. The summed E-state index contributed by atoms with van der Waals surface area (Å²) in [5.74, 6) is -1.01. The van der Waals surface area contributed by atoms with Crippen LogP contribution in [-0.2, 0) is 23.6 Å². The van der Waals surface area contributed by atoms with Crippen LogP contribution in [0.15, 0.2) is 73.3 Å². The topological polar surface area (TPSA) is 69.7 Å². The average molecular weight is 414 g/mol. The van der Waals surface area contributed by atoms with Crippen molar-refractivity contribution in [2.75, 3.05) is 0 Å². The fraction of sp³-hybridized carbons (Fsp3) is 0.304. The Labute approximate surface area is 172 Å². The number of esters is 2. The predicted molar refractivity (Wildman–Crippen MR) is 115 cm³/mol. The monoisotopic (exact) mass is 414 g/mol. The molecule has 0 heterocycles. The Bertz CT molecular complexity index is 835. The van der Waals surface area contributed by atoms with Crippen molar-refractivity contribution in [3.8, 4) is 0 Å². The minimum absolute atomic E-state index is 0.402. The lowest BCUT2D eigenvalue weighted by molar-refractivity contribution is -0.150. The van der Waals surface area contributed by atoms with Gasteiger partial charge in [0.05, 0.1) is 5.66 Å². The third-order valence-electron chi connectivity index (χ3n) is 4.67. The number of rotatable bonds is 9. The van der Waals surface area contributed by atoms with Crippen LogP contribution >= 0.6 is 7.14 Å². The summed E-state index contributed by atoms with van der Waals surface area (Å²) in [7, 11) is -3.42. The molecule has 0 N–H and O–H groups in total. The van der Waals surface area contributed by atoms with Gasteiger partial charge in [0.15, 0.2) is 7.14 Å². The maximum atomic E-state index is 14.8. The zero-order valence-electron chi connectivity index (χ0n) is 17.0. The van der Waals surface area contributed by atoms with Crippen LogP contribution in [0.5, 0.6) is 0 Å². The maximum Gasteiger partial charge on any atom is 0.303 e. The third kappa shape index (κ3) is 5.24. The molecule has 6 heteroatoms. The zero-order chi connectivity index (χ0) is 21.4. The van der Waals surface area contributed by atoms with Gasteiger partial charge in [0, 0.05) is 24.5 Å². The van der Waals surface area contributed by atoms with E-state index in [4.69, 9.17) is 9.47 Å². The predicted octanol–water partition coefficient (Wildman–Crippen LogP) is 3.83. The summed E-state index contributed by atoms with van der Waals surface area (Å²) < 4.78 is 25.9. The molecular formula is C23H27O5P. The molecule has 0 bridgehead atoms. The Morgan fingerprint density at radius 3 is 1.72 bits per heavy atom. The molecule has 0 aliphatic heterocycles. The van der Waals surface area contributed by atoms with Crippen molar-refractivity contribution < 1.29 is 23.6 Å². The summed E-state index contributed by atoms with van der Waals surface area (Å²) in [5.41, 5.74) is -0.817. The quantitative estimate of drug-likeness (QED) is 0.354. The average Bonchev–Trinajstić information content (AvgIpc) is 2.72. The van der Waals surface area contributed by atoms with Gasteiger partial charge in [0.25, 0.3) is 0 Å². The van der Waals surface area contributed by atoms with Crippen LogP contribution in [-0.4, -0.2) is 29.8 Å². The van der Waals surface area contributed by atoms with Crippen LogP contribution in [0.4, 0.5) is 0 Å². The van der Waals surface area contributed by atoms with E-state index in [2.05, 4.69) is 6.58 Å². The summed E-state index contributed by atoms with van der Waals surface area (Å²) in [6, 6.07) is 18.1. The van der Waals surface area contributed by atoms with Gasteiger partial charge < -0.3 is 14.0 Å². The Balaban J connectivity index is 2.78. The Hall–Kier alpha value is -2.65. The van der Waals surface area contributed by atoms with Crippen molar-refractivity contribution in [1.82, 2.24) is 0 Å². The van der Waals surface area contributed by atoms with Crippen LogP contribution in [0, 0.1) is 0 Å². The van der Waals surface area contributed by atoms with Crippen LogP contribution in [0.1, 0.15) is 27.2 Å². The van der Waals surface area contributed by atoms with E-state index in [9.17, 15) is 14.2 Å². The van der Waals surface area contributed by atoms with Gasteiger partial charge >= 0.3 is 11.9 Å². The summed E-state index contributed by atoms with van der Waals surface area (Å²) >= 11 is 0. The molecule has 3 atom stereocenters. The van der Waals surface area contributed by atoms with Crippen LogP contribution in [0.3, 0.4) is 0 Å². The first kappa shape index (κ1) is 22.6. The molecule has 0 saturated heterocycles. The van der Waals surface area contributed by atoms with Crippen LogP contribution in [0.2, 0.25) is 0 Å². The molecule has 2 rings (SSSR count). The van der Waals surface area contributed by atoms with Gasteiger partial charge in [0.1, 0.15) is 12.2 Å². The van der Waals surface area contributed by atoms with E-state index in [1.165, 1.54) is 19.9 Å². The van der Waals surface area contributed by atoms with E-state index in [0.29, 0.717) is 17.0 Å². The molecule has 0 saturated carbocycles. The summed E-state index contributed by atoms with van der Waals surface area (Å²) in [6.45, 7) is 8.23. The van der Waals surface area contributed by atoms with Gasteiger partial charge in [0.2, 0.25) is 0 Å². The minimum atomic E-state index is -3.42. The van der Waals surface area contributed by atoms with Gasteiger partial charge in [-0.3, -0.25) is 9.59 Å². The fourth-order valence-corrected chi connectivity index (χ4v) is 7.05. The fourth-order valence-electron chi connectivity index (χ4n) is 3.50. The highest BCUT2D eigenvalue weighted by Crippen LogP contribution is 2.53. The van der Waals surface area contributed by atoms with Crippen molar-refractivity contribution in [2.24, 2.45) is 0 Å². The molecule has 0 radical (unpaired) electrons. The molecule has 0 spiro atoms.